The van der Waals surface area contributed by atoms with Crippen LogP contribution in [0.3, 0.4) is 0 Å². The molecule has 3 heterocycles. The number of carbonyl (C=O) groups excluding carboxylic acids is 1. The molecule has 0 saturated carbocycles. The second-order valence-corrected chi connectivity index (χ2v) is 5.69. The molecule has 0 amide bonds. The number of nitrogens with zero attached hydrogens (tertiary/aromatic N) is 3. The molecule has 3 rings (SSSR count). The van der Waals surface area contributed by atoms with Gasteiger partial charge in [-0.15, -0.1) is 0 Å². The van der Waals surface area contributed by atoms with Crippen LogP contribution in [-0.4, -0.2) is 39.2 Å². The lowest BCUT2D eigenvalue weighted by Crippen LogP contribution is -2.28. The van der Waals surface area contributed by atoms with Gasteiger partial charge >= 0.3 is 18.3 Å². The van der Waals surface area contributed by atoms with E-state index in [1.165, 1.54) is 31.5 Å². The maximum Gasteiger partial charge on any atom is 0.491 e. The van der Waals surface area contributed by atoms with Crippen LogP contribution in [0.5, 0.6) is 11.6 Å². The molecule has 0 aromatic carbocycles. The number of alkyl halides is 6. The zero-order valence-electron chi connectivity index (χ0n) is 14.8. The molecular formula is C17H10F6N4O3. The standard InChI is InChI=1S/C17H10F6N4O3/c1-29-9-5-10(14(26-6-9)30-15(28)17(21,22)23)8-2-3-24-11(4-8)13-25-7-12(27-13)16(18,19)20/h2-7H,1H3,(H,25,27). The lowest BCUT2D eigenvalue weighted by molar-refractivity contribution is -0.189. The second-order valence-electron chi connectivity index (χ2n) is 5.69. The highest BCUT2D eigenvalue weighted by Crippen LogP contribution is 2.34. The Bertz CT molecular complexity index is 1080. The lowest BCUT2D eigenvalue weighted by Gasteiger charge is -2.12. The highest BCUT2D eigenvalue weighted by molar-refractivity contribution is 5.81. The van der Waals surface area contributed by atoms with Crippen molar-refractivity contribution in [1.29, 1.82) is 0 Å². The summed E-state index contributed by atoms with van der Waals surface area (Å²) in [6.45, 7) is 0. The van der Waals surface area contributed by atoms with E-state index in [1.54, 1.807) is 0 Å². The summed E-state index contributed by atoms with van der Waals surface area (Å²) in [5.74, 6) is -3.26. The molecule has 0 fully saturated rings. The van der Waals surface area contributed by atoms with Gasteiger partial charge in [0, 0.05) is 11.8 Å². The van der Waals surface area contributed by atoms with E-state index in [-0.39, 0.29) is 28.4 Å². The minimum Gasteiger partial charge on any atom is -0.495 e. The molecule has 0 unspecified atom stereocenters. The molecule has 0 spiro atoms. The Morgan fingerprint density at radius 3 is 2.37 bits per heavy atom. The van der Waals surface area contributed by atoms with Crippen molar-refractivity contribution in [3.63, 3.8) is 0 Å². The van der Waals surface area contributed by atoms with Gasteiger partial charge in [0.25, 0.3) is 0 Å². The van der Waals surface area contributed by atoms with Crippen molar-refractivity contribution >= 4 is 5.97 Å². The molecule has 0 aliphatic rings. The van der Waals surface area contributed by atoms with Gasteiger partial charge in [0.2, 0.25) is 5.88 Å². The zero-order valence-corrected chi connectivity index (χ0v) is 14.8. The minimum absolute atomic E-state index is 0.0427. The SMILES string of the molecule is COc1cnc(OC(=O)C(F)(F)F)c(-c2ccnc(-c3ncc(C(F)(F)F)[nH]3)c2)c1. The molecule has 0 radical (unpaired) electrons. The van der Waals surface area contributed by atoms with Gasteiger partial charge in [0.05, 0.1) is 19.5 Å². The monoisotopic (exact) mass is 432 g/mol. The molecule has 3 aromatic heterocycles. The molecule has 13 heteroatoms. The van der Waals surface area contributed by atoms with Crippen molar-refractivity contribution in [3.05, 3.63) is 42.5 Å². The number of carbonyl (C=O) groups is 1. The normalized spacial score (nSPS) is 12.0. The Hall–Kier alpha value is -3.64. The summed E-state index contributed by atoms with van der Waals surface area (Å²) in [6.07, 6.45) is -7.11. The predicted octanol–water partition coefficient (Wildman–Crippen LogP) is 4.03. The summed E-state index contributed by atoms with van der Waals surface area (Å²) < 4.78 is 85.3. The van der Waals surface area contributed by atoms with Crippen LogP contribution in [0.25, 0.3) is 22.6 Å². The fraction of sp³-hybridized carbons (Fsp3) is 0.176. The van der Waals surface area contributed by atoms with Crippen molar-refractivity contribution in [2.45, 2.75) is 12.4 Å². The number of imidazole rings is 1. The van der Waals surface area contributed by atoms with E-state index in [1.807, 2.05) is 0 Å². The van der Waals surface area contributed by atoms with Crippen LogP contribution < -0.4 is 9.47 Å². The number of rotatable bonds is 4. The van der Waals surface area contributed by atoms with Gasteiger partial charge in [0.15, 0.2) is 5.82 Å². The van der Waals surface area contributed by atoms with E-state index in [0.717, 1.165) is 6.20 Å². The van der Waals surface area contributed by atoms with Crippen LogP contribution in [0, 0.1) is 0 Å². The largest absolute Gasteiger partial charge is 0.495 e. The van der Waals surface area contributed by atoms with E-state index in [4.69, 9.17) is 4.74 Å². The van der Waals surface area contributed by atoms with Crippen molar-refractivity contribution < 1.29 is 40.6 Å². The van der Waals surface area contributed by atoms with Gasteiger partial charge in [-0.05, 0) is 23.8 Å². The lowest BCUT2D eigenvalue weighted by atomic mass is 10.1. The first-order chi connectivity index (χ1) is 14.0. The summed E-state index contributed by atoms with van der Waals surface area (Å²) >= 11 is 0. The van der Waals surface area contributed by atoms with Crippen LogP contribution in [-0.2, 0) is 11.0 Å². The maximum atomic E-state index is 12.8. The van der Waals surface area contributed by atoms with Gasteiger partial charge in [0.1, 0.15) is 17.1 Å². The maximum absolute atomic E-state index is 12.8. The second kappa shape index (κ2) is 7.65. The van der Waals surface area contributed by atoms with E-state index < -0.39 is 29.9 Å². The van der Waals surface area contributed by atoms with E-state index in [2.05, 4.69) is 24.7 Å². The van der Waals surface area contributed by atoms with Gasteiger partial charge in [-0.25, -0.2) is 14.8 Å². The van der Waals surface area contributed by atoms with Crippen LogP contribution in [0.1, 0.15) is 5.69 Å². The Morgan fingerprint density at radius 2 is 1.77 bits per heavy atom. The minimum atomic E-state index is -5.26. The third kappa shape index (κ3) is 4.50. The van der Waals surface area contributed by atoms with Crippen molar-refractivity contribution in [3.8, 4) is 34.3 Å². The van der Waals surface area contributed by atoms with E-state index in [9.17, 15) is 31.1 Å². The summed E-state index contributed by atoms with van der Waals surface area (Å²) in [5, 5.41) is 0. The average molecular weight is 432 g/mol. The molecule has 0 atom stereocenters. The molecule has 0 bridgehead atoms. The van der Waals surface area contributed by atoms with Crippen molar-refractivity contribution in [2.24, 2.45) is 0 Å². The van der Waals surface area contributed by atoms with E-state index >= 15 is 0 Å². The average Bonchev–Trinajstić information content (AvgIpc) is 3.18. The number of pyridine rings is 2. The number of halogens is 6. The van der Waals surface area contributed by atoms with Gasteiger partial charge in [-0.1, -0.05) is 0 Å². The van der Waals surface area contributed by atoms with Crippen LogP contribution in [0.4, 0.5) is 26.3 Å². The molecular weight excluding hydrogens is 422 g/mol. The number of methoxy groups -OCH3 is 1. The number of hydrogen-bond acceptors (Lipinski definition) is 6. The van der Waals surface area contributed by atoms with Gasteiger partial charge in [-0.3, -0.25) is 4.98 Å². The smallest absolute Gasteiger partial charge is 0.491 e. The first kappa shape index (κ1) is 21.1. The summed E-state index contributed by atoms with van der Waals surface area (Å²) in [6, 6.07) is 3.81. The number of ether oxygens (including phenoxy) is 2. The number of esters is 1. The first-order valence-electron chi connectivity index (χ1n) is 7.91. The van der Waals surface area contributed by atoms with E-state index in [0.29, 0.717) is 6.20 Å². The Morgan fingerprint density at radius 1 is 1.03 bits per heavy atom. The predicted molar refractivity (Wildman–Crippen MR) is 88.3 cm³/mol. The van der Waals surface area contributed by atoms with Crippen molar-refractivity contribution in [1.82, 2.24) is 19.9 Å². The van der Waals surface area contributed by atoms with Gasteiger partial charge in [-0.2, -0.15) is 26.3 Å². The molecule has 158 valence electrons. The zero-order chi connectivity index (χ0) is 22.1. The Kier molecular flexibility index (Phi) is 5.37. The Labute approximate surface area is 163 Å². The number of aromatic nitrogens is 4. The van der Waals surface area contributed by atoms with Crippen LogP contribution in [0.15, 0.2) is 36.8 Å². The quantitative estimate of drug-likeness (QED) is 0.495. The molecule has 7 nitrogen and oxygen atoms in total. The highest BCUT2D eigenvalue weighted by Gasteiger charge is 2.42. The highest BCUT2D eigenvalue weighted by atomic mass is 19.4. The fourth-order valence-corrected chi connectivity index (χ4v) is 2.30. The number of nitrogens with one attached hydrogen (secondary N) is 1. The number of aromatic amines is 1. The summed E-state index contributed by atoms with van der Waals surface area (Å²) in [7, 11) is 1.28. The molecule has 30 heavy (non-hydrogen) atoms. The summed E-state index contributed by atoms with van der Waals surface area (Å²) in [5.41, 5.74) is -1.09. The van der Waals surface area contributed by atoms with Crippen molar-refractivity contribution in [2.75, 3.05) is 7.11 Å². The molecule has 3 aromatic rings. The van der Waals surface area contributed by atoms with Crippen LogP contribution in [0.2, 0.25) is 0 Å². The topological polar surface area (TPSA) is 90.0 Å². The molecule has 1 N–H and O–H groups in total. The van der Waals surface area contributed by atoms with Gasteiger partial charge < -0.3 is 14.5 Å². The molecule has 0 aliphatic heterocycles. The Balaban J connectivity index is 2.04. The summed E-state index contributed by atoms with van der Waals surface area (Å²) in [4.78, 5) is 24.4. The third-order valence-corrected chi connectivity index (χ3v) is 3.68. The molecule has 0 saturated heterocycles. The first-order valence-corrected chi connectivity index (χ1v) is 7.91. The number of H-pyrrole nitrogens is 1. The molecule has 0 aliphatic carbocycles. The third-order valence-electron chi connectivity index (χ3n) is 3.68. The number of hydrogen-bond donors (Lipinski definition) is 1. The van der Waals surface area contributed by atoms with Crippen LogP contribution >= 0.6 is 0 Å². The fourth-order valence-electron chi connectivity index (χ4n) is 2.30.